The smallest absolute Gasteiger partial charge is 0.0450 e. The highest BCUT2D eigenvalue weighted by molar-refractivity contribution is 6.31. The third-order valence-corrected chi connectivity index (χ3v) is 4.34. The number of benzene rings is 1. The van der Waals surface area contributed by atoms with Gasteiger partial charge in [0.2, 0.25) is 0 Å². The number of hydrogen-bond donors (Lipinski definition) is 1. The monoisotopic (exact) mass is 251 g/mol. The molecule has 0 bridgehead atoms. The lowest BCUT2D eigenvalue weighted by molar-refractivity contribution is 0.247. The molecule has 2 rings (SSSR count). The number of rotatable bonds is 4. The first kappa shape index (κ1) is 12.9. The van der Waals surface area contributed by atoms with Crippen LogP contribution >= 0.6 is 11.6 Å². The molecule has 1 aromatic rings. The maximum Gasteiger partial charge on any atom is 0.0450 e. The Balaban J connectivity index is 1.77. The van der Waals surface area contributed by atoms with Gasteiger partial charge < -0.3 is 5.32 Å². The van der Waals surface area contributed by atoms with E-state index < -0.39 is 0 Å². The Hall–Kier alpha value is -0.530. The van der Waals surface area contributed by atoms with Crippen molar-refractivity contribution < 1.29 is 0 Å². The summed E-state index contributed by atoms with van der Waals surface area (Å²) in [5, 5.41) is 4.43. The van der Waals surface area contributed by atoms with Crippen LogP contribution in [0.1, 0.15) is 38.2 Å². The molecule has 0 aliphatic heterocycles. The molecule has 0 aromatic heterocycles. The van der Waals surface area contributed by atoms with Gasteiger partial charge in [0, 0.05) is 11.6 Å². The summed E-state index contributed by atoms with van der Waals surface area (Å²) >= 11 is 6.13. The van der Waals surface area contributed by atoms with Crippen LogP contribution < -0.4 is 5.32 Å². The van der Waals surface area contributed by atoms with Crippen molar-refractivity contribution in [3.63, 3.8) is 0 Å². The highest BCUT2D eigenvalue weighted by Crippen LogP contribution is 2.29. The predicted molar refractivity (Wildman–Crippen MR) is 74.3 cm³/mol. The third kappa shape index (κ3) is 3.72. The highest BCUT2D eigenvalue weighted by atomic mass is 35.5. The molecule has 1 nitrogen and oxygen atoms in total. The first-order chi connectivity index (χ1) is 8.27. The zero-order valence-electron chi connectivity index (χ0n) is 10.6. The largest absolute Gasteiger partial charge is 0.312 e. The summed E-state index contributed by atoms with van der Waals surface area (Å²) in [7, 11) is 0. The minimum absolute atomic E-state index is 0.853. The molecule has 1 aliphatic carbocycles. The van der Waals surface area contributed by atoms with E-state index in [4.69, 9.17) is 11.6 Å². The fraction of sp³-hybridized carbons (Fsp3) is 0.600. The van der Waals surface area contributed by atoms with E-state index in [2.05, 4.69) is 18.3 Å². The molecular formula is C15H22ClN. The lowest BCUT2D eigenvalue weighted by Crippen LogP contribution is -2.29. The molecule has 1 fully saturated rings. The van der Waals surface area contributed by atoms with Gasteiger partial charge in [-0.15, -0.1) is 0 Å². The van der Waals surface area contributed by atoms with E-state index >= 15 is 0 Å². The quantitative estimate of drug-likeness (QED) is 0.843. The van der Waals surface area contributed by atoms with Gasteiger partial charge in [0.25, 0.3) is 0 Å². The lowest BCUT2D eigenvalue weighted by atomic mass is 9.80. The Labute approximate surface area is 110 Å². The Morgan fingerprint density at radius 3 is 2.76 bits per heavy atom. The average Bonchev–Trinajstić information content (AvgIpc) is 2.34. The van der Waals surface area contributed by atoms with Crippen LogP contribution in [0.4, 0.5) is 0 Å². The van der Waals surface area contributed by atoms with Crippen LogP contribution in [-0.4, -0.2) is 6.54 Å². The van der Waals surface area contributed by atoms with Crippen molar-refractivity contribution in [2.24, 2.45) is 11.8 Å². The highest BCUT2D eigenvalue weighted by Gasteiger charge is 2.20. The third-order valence-electron chi connectivity index (χ3n) is 3.97. The molecule has 94 valence electrons. The standard InChI is InChI=1S/C15H22ClN/c1-12-6-2-3-7-13(12)10-17-11-14-8-4-5-9-15(14)16/h4-5,8-9,12-13,17H,2-3,6-7,10-11H2,1H3. The Kier molecular flexibility index (Phi) is 4.87. The van der Waals surface area contributed by atoms with Crippen LogP contribution in [0.5, 0.6) is 0 Å². The second-order valence-electron chi connectivity index (χ2n) is 5.24. The molecule has 0 amide bonds. The van der Waals surface area contributed by atoms with Gasteiger partial charge in [-0.3, -0.25) is 0 Å². The average molecular weight is 252 g/mol. The van der Waals surface area contributed by atoms with E-state index in [-0.39, 0.29) is 0 Å². The second kappa shape index (κ2) is 6.42. The van der Waals surface area contributed by atoms with E-state index in [1.807, 2.05) is 18.2 Å². The van der Waals surface area contributed by atoms with Crippen molar-refractivity contribution >= 4 is 11.6 Å². The summed E-state index contributed by atoms with van der Waals surface area (Å²) in [4.78, 5) is 0. The zero-order chi connectivity index (χ0) is 12.1. The second-order valence-corrected chi connectivity index (χ2v) is 5.65. The molecule has 2 heteroatoms. The molecule has 2 unspecified atom stereocenters. The molecule has 0 radical (unpaired) electrons. The maximum atomic E-state index is 6.13. The zero-order valence-corrected chi connectivity index (χ0v) is 11.3. The summed E-state index contributed by atoms with van der Waals surface area (Å²) in [6.07, 6.45) is 5.61. The van der Waals surface area contributed by atoms with Gasteiger partial charge in [-0.05, 0) is 36.4 Å². The summed E-state index contributed by atoms with van der Waals surface area (Å²) in [5.41, 5.74) is 1.21. The summed E-state index contributed by atoms with van der Waals surface area (Å²) in [5.74, 6) is 1.73. The number of hydrogen-bond acceptors (Lipinski definition) is 1. The SMILES string of the molecule is CC1CCCCC1CNCc1ccccc1Cl. The van der Waals surface area contributed by atoms with E-state index in [0.29, 0.717) is 0 Å². The van der Waals surface area contributed by atoms with Crippen molar-refractivity contribution in [2.75, 3.05) is 6.54 Å². The Morgan fingerprint density at radius 1 is 1.24 bits per heavy atom. The molecule has 1 aliphatic rings. The fourth-order valence-electron chi connectivity index (χ4n) is 2.73. The molecule has 0 saturated heterocycles. The molecule has 0 spiro atoms. The van der Waals surface area contributed by atoms with Gasteiger partial charge in [0.15, 0.2) is 0 Å². The minimum Gasteiger partial charge on any atom is -0.312 e. The first-order valence-corrected chi connectivity index (χ1v) is 7.09. The van der Waals surface area contributed by atoms with Crippen molar-refractivity contribution in [3.8, 4) is 0 Å². The Morgan fingerprint density at radius 2 is 2.00 bits per heavy atom. The minimum atomic E-state index is 0.853. The van der Waals surface area contributed by atoms with E-state index in [1.54, 1.807) is 0 Å². The van der Waals surface area contributed by atoms with Gasteiger partial charge in [-0.25, -0.2) is 0 Å². The summed E-state index contributed by atoms with van der Waals surface area (Å²) < 4.78 is 0. The molecule has 17 heavy (non-hydrogen) atoms. The summed E-state index contributed by atoms with van der Waals surface area (Å²) in [6.45, 7) is 4.41. The van der Waals surface area contributed by atoms with Crippen LogP contribution in [0.3, 0.4) is 0 Å². The molecule has 2 atom stereocenters. The first-order valence-electron chi connectivity index (χ1n) is 6.71. The van der Waals surface area contributed by atoms with Crippen molar-refractivity contribution in [1.82, 2.24) is 5.32 Å². The van der Waals surface area contributed by atoms with Crippen molar-refractivity contribution in [2.45, 2.75) is 39.2 Å². The van der Waals surface area contributed by atoms with Gasteiger partial charge in [0.05, 0.1) is 0 Å². The van der Waals surface area contributed by atoms with Crippen molar-refractivity contribution in [1.29, 1.82) is 0 Å². The van der Waals surface area contributed by atoms with Crippen molar-refractivity contribution in [3.05, 3.63) is 34.9 Å². The van der Waals surface area contributed by atoms with Gasteiger partial charge in [0.1, 0.15) is 0 Å². The van der Waals surface area contributed by atoms with Crippen LogP contribution in [0, 0.1) is 11.8 Å². The molecule has 1 N–H and O–H groups in total. The van der Waals surface area contributed by atoms with Crippen LogP contribution in [0.15, 0.2) is 24.3 Å². The molecular weight excluding hydrogens is 230 g/mol. The molecule has 1 saturated carbocycles. The van der Waals surface area contributed by atoms with Gasteiger partial charge in [-0.1, -0.05) is 56.0 Å². The summed E-state index contributed by atoms with van der Waals surface area (Å²) in [6, 6.07) is 8.09. The van der Waals surface area contributed by atoms with Gasteiger partial charge in [-0.2, -0.15) is 0 Å². The number of nitrogens with one attached hydrogen (secondary N) is 1. The van der Waals surface area contributed by atoms with E-state index in [9.17, 15) is 0 Å². The molecule has 1 aromatic carbocycles. The Bertz CT molecular complexity index is 351. The van der Waals surface area contributed by atoms with Gasteiger partial charge >= 0.3 is 0 Å². The predicted octanol–water partition coefficient (Wildman–Crippen LogP) is 4.26. The topological polar surface area (TPSA) is 12.0 Å². The van der Waals surface area contributed by atoms with E-state index in [0.717, 1.165) is 29.9 Å². The van der Waals surface area contributed by atoms with Crippen LogP contribution in [0.2, 0.25) is 5.02 Å². The van der Waals surface area contributed by atoms with E-state index in [1.165, 1.54) is 31.2 Å². The maximum absolute atomic E-state index is 6.13. The normalized spacial score (nSPS) is 24.8. The fourth-order valence-corrected chi connectivity index (χ4v) is 2.93. The molecule has 0 heterocycles. The number of halogens is 1. The van der Waals surface area contributed by atoms with Crippen LogP contribution in [-0.2, 0) is 6.54 Å². The lowest BCUT2D eigenvalue weighted by Gasteiger charge is -2.29. The van der Waals surface area contributed by atoms with Crippen LogP contribution in [0.25, 0.3) is 0 Å².